The standard InChI is InChI=1S/C28H40N2O4/c1-20(2)28(19-29,23-10-11-24(31-5)27(18-23)34-8)13-9-14-30(4)15-12-22-17-26(33-7)25(32-6)16-21(22)3/h10-12,16-18,20-21H,9,13-15H2,1-8H3/b22-12+. The average Bonchev–Trinajstić information content (AvgIpc) is 2.85. The summed E-state index contributed by atoms with van der Waals surface area (Å²) in [4.78, 5) is 2.28. The maximum absolute atomic E-state index is 10.3. The van der Waals surface area contributed by atoms with Gasteiger partial charge in [0.1, 0.15) is 0 Å². The lowest BCUT2D eigenvalue weighted by Gasteiger charge is -2.32. The van der Waals surface area contributed by atoms with Gasteiger partial charge in [-0.15, -0.1) is 0 Å². The van der Waals surface area contributed by atoms with Crippen molar-refractivity contribution in [3.05, 3.63) is 59.1 Å². The molecule has 2 atom stereocenters. The molecular formula is C28H40N2O4. The van der Waals surface area contributed by atoms with E-state index >= 15 is 0 Å². The first-order valence-corrected chi connectivity index (χ1v) is 11.8. The van der Waals surface area contributed by atoms with Crippen molar-refractivity contribution in [1.29, 1.82) is 5.26 Å². The van der Waals surface area contributed by atoms with Gasteiger partial charge in [0.25, 0.3) is 0 Å². The van der Waals surface area contributed by atoms with E-state index in [2.05, 4.69) is 50.9 Å². The summed E-state index contributed by atoms with van der Waals surface area (Å²) in [6.07, 6.45) is 8.04. The number of ether oxygens (including phenoxy) is 4. The molecule has 6 heteroatoms. The van der Waals surface area contributed by atoms with Crippen molar-refractivity contribution in [3.63, 3.8) is 0 Å². The average molecular weight is 469 g/mol. The quantitative estimate of drug-likeness (QED) is 0.405. The maximum Gasteiger partial charge on any atom is 0.161 e. The van der Waals surface area contributed by atoms with Gasteiger partial charge in [-0.25, -0.2) is 0 Å². The number of hydrogen-bond acceptors (Lipinski definition) is 6. The molecule has 0 aromatic heterocycles. The zero-order chi connectivity index (χ0) is 25.3. The van der Waals surface area contributed by atoms with Crippen LogP contribution in [0.2, 0.25) is 0 Å². The van der Waals surface area contributed by atoms with Gasteiger partial charge in [0.2, 0.25) is 0 Å². The highest BCUT2D eigenvalue weighted by molar-refractivity contribution is 5.47. The van der Waals surface area contributed by atoms with E-state index in [0.29, 0.717) is 11.5 Å². The Kier molecular flexibility index (Phi) is 10.1. The molecular weight excluding hydrogens is 428 g/mol. The summed E-state index contributed by atoms with van der Waals surface area (Å²) in [5.74, 6) is 3.27. The molecule has 0 spiro atoms. The van der Waals surface area contributed by atoms with Gasteiger partial charge >= 0.3 is 0 Å². The fourth-order valence-electron chi connectivity index (χ4n) is 4.44. The first kappa shape index (κ1) is 27.3. The topological polar surface area (TPSA) is 64.0 Å². The summed E-state index contributed by atoms with van der Waals surface area (Å²) < 4.78 is 21.7. The zero-order valence-electron chi connectivity index (χ0n) is 22.0. The second-order valence-corrected chi connectivity index (χ2v) is 9.11. The van der Waals surface area contributed by atoms with Crippen LogP contribution in [-0.2, 0) is 14.9 Å². The molecule has 0 aliphatic heterocycles. The van der Waals surface area contributed by atoms with Crippen LogP contribution in [0.3, 0.4) is 0 Å². The fraction of sp³-hybridized carbons (Fsp3) is 0.536. The molecule has 2 rings (SSSR count). The molecule has 0 saturated heterocycles. The monoisotopic (exact) mass is 468 g/mol. The highest BCUT2D eigenvalue weighted by Gasteiger charge is 2.36. The Morgan fingerprint density at radius 3 is 2.29 bits per heavy atom. The minimum absolute atomic E-state index is 0.158. The van der Waals surface area contributed by atoms with Crippen LogP contribution in [0, 0.1) is 23.2 Å². The van der Waals surface area contributed by atoms with E-state index in [9.17, 15) is 5.26 Å². The van der Waals surface area contributed by atoms with E-state index in [1.807, 2.05) is 24.3 Å². The van der Waals surface area contributed by atoms with Crippen LogP contribution < -0.4 is 9.47 Å². The van der Waals surface area contributed by atoms with Crippen LogP contribution in [0.15, 0.2) is 53.5 Å². The van der Waals surface area contributed by atoms with Crippen molar-refractivity contribution in [2.24, 2.45) is 11.8 Å². The molecule has 6 nitrogen and oxygen atoms in total. The van der Waals surface area contributed by atoms with Crippen LogP contribution in [0.5, 0.6) is 11.5 Å². The molecule has 0 N–H and O–H groups in total. The van der Waals surface area contributed by atoms with Gasteiger partial charge in [-0.05, 0) is 67.8 Å². The summed E-state index contributed by atoms with van der Waals surface area (Å²) in [5.41, 5.74) is 1.60. The first-order chi connectivity index (χ1) is 16.3. The van der Waals surface area contributed by atoms with Crippen molar-refractivity contribution in [1.82, 2.24) is 4.90 Å². The Labute approximate surface area is 205 Å². The summed E-state index contributed by atoms with van der Waals surface area (Å²) in [7, 11) is 8.68. The van der Waals surface area contributed by atoms with Crippen molar-refractivity contribution in [2.45, 2.75) is 39.0 Å². The Hall–Kier alpha value is -2.91. The third-order valence-corrected chi connectivity index (χ3v) is 6.74. The van der Waals surface area contributed by atoms with E-state index < -0.39 is 5.41 Å². The highest BCUT2D eigenvalue weighted by Crippen LogP contribution is 2.40. The van der Waals surface area contributed by atoms with Crippen LogP contribution in [0.25, 0.3) is 0 Å². The van der Waals surface area contributed by atoms with Gasteiger partial charge in [0.15, 0.2) is 23.0 Å². The van der Waals surface area contributed by atoms with Crippen molar-refractivity contribution >= 4 is 0 Å². The summed E-state index contributed by atoms with van der Waals surface area (Å²) in [6.45, 7) is 8.09. The van der Waals surface area contributed by atoms with Gasteiger partial charge in [-0.2, -0.15) is 5.26 Å². The molecule has 0 bridgehead atoms. The number of allylic oxidation sites excluding steroid dienone is 3. The molecule has 0 fully saturated rings. The number of nitriles is 1. The third-order valence-electron chi connectivity index (χ3n) is 6.74. The van der Waals surface area contributed by atoms with Crippen LogP contribution >= 0.6 is 0 Å². The molecule has 2 unspecified atom stereocenters. The lowest BCUT2D eigenvalue weighted by Crippen LogP contribution is -2.32. The lowest BCUT2D eigenvalue weighted by atomic mass is 9.69. The third kappa shape index (κ3) is 6.15. The zero-order valence-corrected chi connectivity index (χ0v) is 22.0. The molecule has 1 aromatic carbocycles. The van der Waals surface area contributed by atoms with E-state index in [4.69, 9.17) is 18.9 Å². The largest absolute Gasteiger partial charge is 0.493 e. The summed E-state index contributed by atoms with van der Waals surface area (Å²) >= 11 is 0. The number of nitrogens with zero attached hydrogens (tertiary/aromatic N) is 2. The molecule has 0 heterocycles. The molecule has 1 aliphatic rings. The molecule has 1 aliphatic carbocycles. The van der Waals surface area contributed by atoms with Gasteiger partial charge in [0, 0.05) is 12.5 Å². The maximum atomic E-state index is 10.3. The second-order valence-electron chi connectivity index (χ2n) is 9.11. The predicted molar refractivity (Wildman–Crippen MR) is 136 cm³/mol. The SMILES string of the molecule is COC1=C/C(=C\CN(C)CCCC(C#N)(c2ccc(OC)c(OC)c2)C(C)C)C(C)C=C1OC. The number of methoxy groups -OCH3 is 4. The van der Waals surface area contributed by atoms with Crippen LogP contribution in [0.1, 0.15) is 39.2 Å². The van der Waals surface area contributed by atoms with E-state index in [1.165, 1.54) is 5.57 Å². The fourth-order valence-corrected chi connectivity index (χ4v) is 4.44. The number of rotatable bonds is 12. The molecule has 0 amide bonds. The van der Waals surface area contributed by atoms with Gasteiger partial charge in [0.05, 0.1) is 39.9 Å². The van der Waals surface area contributed by atoms with Crippen LogP contribution in [-0.4, -0.2) is 53.5 Å². The minimum Gasteiger partial charge on any atom is -0.493 e. The number of likely N-dealkylation sites (N-methyl/N-ethyl adjacent to an activating group) is 1. The van der Waals surface area contributed by atoms with E-state index in [0.717, 1.165) is 43.0 Å². The van der Waals surface area contributed by atoms with E-state index in [1.54, 1.807) is 28.4 Å². The van der Waals surface area contributed by atoms with Crippen LogP contribution in [0.4, 0.5) is 0 Å². The second kappa shape index (κ2) is 12.5. The molecule has 34 heavy (non-hydrogen) atoms. The normalized spacial score (nSPS) is 18.7. The van der Waals surface area contributed by atoms with E-state index in [-0.39, 0.29) is 11.8 Å². The predicted octanol–water partition coefficient (Wildman–Crippen LogP) is 5.47. The highest BCUT2D eigenvalue weighted by atomic mass is 16.5. The molecule has 0 saturated carbocycles. The van der Waals surface area contributed by atoms with Crippen molar-refractivity contribution < 1.29 is 18.9 Å². The Balaban J connectivity index is 2.08. The van der Waals surface area contributed by atoms with Crippen molar-refractivity contribution in [3.8, 4) is 17.6 Å². The van der Waals surface area contributed by atoms with Gasteiger partial charge in [-0.1, -0.05) is 32.9 Å². The molecule has 186 valence electrons. The summed E-state index contributed by atoms with van der Waals surface area (Å²) in [6, 6.07) is 8.46. The van der Waals surface area contributed by atoms with Gasteiger partial charge in [-0.3, -0.25) is 0 Å². The number of benzene rings is 1. The minimum atomic E-state index is -0.589. The van der Waals surface area contributed by atoms with Gasteiger partial charge < -0.3 is 23.8 Å². The Morgan fingerprint density at radius 1 is 1.06 bits per heavy atom. The Morgan fingerprint density at radius 2 is 1.74 bits per heavy atom. The molecule has 0 radical (unpaired) electrons. The number of hydrogen-bond donors (Lipinski definition) is 0. The smallest absolute Gasteiger partial charge is 0.161 e. The lowest BCUT2D eigenvalue weighted by molar-refractivity contribution is 0.215. The summed E-state index contributed by atoms with van der Waals surface area (Å²) in [5, 5.41) is 10.3. The molecule has 1 aromatic rings. The first-order valence-electron chi connectivity index (χ1n) is 11.8. The Bertz CT molecular complexity index is 958. The van der Waals surface area contributed by atoms with Crippen molar-refractivity contribution in [2.75, 3.05) is 48.6 Å².